The number of nitrogens with zero attached hydrogens (tertiary/aromatic N) is 2. The summed E-state index contributed by atoms with van der Waals surface area (Å²) in [5.74, 6) is 0.736. The molecule has 1 aromatic carbocycles. The molecule has 24 heavy (non-hydrogen) atoms. The minimum Gasteiger partial charge on any atom is -0.322 e. The Kier molecular flexibility index (Phi) is 6.27. The van der Waals surface area contributed by atoms with Gasteiger partial charge in [-0.05, 0) is 35.9 Å². The van der Waals surface area contributed by atoms with Crippen molar-refractivity contribution in [2.75, 3.05) is 38.0 Å². The van der Waals surface area contributed by atoms with E-state index >= 15 is 0 Å². The van der Waals surface area contributed by atoms with Gasteiger partial charge in [-0.3, -0.25) is 4.90 Å². The van der Waals surface area contributed by atoms with Crippen molar-refractivity contribution in [3.8, 4) is 0 Å². The highest BCUT2D eigenvalue weighted by Crippen LogP contribution is 2.29. The van der Waals surface area contributed by atoms with Gasteiger partial charge in [0.1, 0.15) is 0 Å². The second-order valence-corrected chi connectivity index (χ2v) is 8.24. The van der Waals surface area contributed by atoms with Gasteiger partial charge in [-0.1, -0.05) is 52.8 Å². The van der Waals surface area contributed by atoms with E-state index in [2.05, 4.69) is 50.9 Å². The minimum atomic E-state index is 0.0133. The van der Waals surface area contributed by atoms with E-state index in [0.29, 0.717) is 0 Å². The number of benzene rings is 1. The molecule has 1 saturated heterocycles. The van der Waals surface area contributed by atoms with Crippen LogP contribution in [-0.2, 0) is 5.41 Å². The van der Waals surface area contributed by atoms with E-state index < -0.39 is 0 Å². The van der Waals surface area contributed by atoms with Gasteiger partial charge < -0.3 is 10.2 Å². The molecular formula is C20H33N3O. The van der Waals surface area contributed by atoms with Gasteiger partial charge in [0.25, 0.3) is 0 Å². The summed E-state index contributed by atoms with van der Waals surface area (Å²) < 4.78 is 0. The molecule has 134 valence electrons. The number of carbonyl (C=O) groups is 1. The van der Waals surface area contributed by atoms with Gasteiger partial charge in [-0.2, -0.15) is 0 Å². The van der Waals surface area contributed by atoms with Crippen LogP contribution in [0.1, 0.15) is 46.6 Å². The Labute approximate surface area is 147 Å². The smallest absolute Gasteiger partial charge is 0.321 e. The van der Waals surface area contributed by atoms with Crippen LogP contribution in [0.25, 0.3) is 0 Å². The molecule has 0 atom stereocenters. The Morgan fingerprint density at radius 1 is 1.12 bits per heavy atom. The second-order valence-electron chi connectivity index (χ2n) is 8.24. The molecule has 4 heteroatoms. The zero-order chi connectivity index (χ0) is 17.7. The number of rotatable bonds is 4. The van der Waals surface area contributed by atoms with Crippen molar-refractivity contribution < 1.29 is 4.79 Å². The van der Waals surface area contributed by atoms with Gasteiger partial charge >= 0.3 is 6.03 Å². The van der Waals surface area contributed by atoms with Crippen LogP contribution in [0.5, 0.6) is 0 Å². The molecule has 1 fully saturated rings. The largest absolute Gasteiger partial charge is 0.322 e. The van der Waals surface area contributed by atoms with E-state index in [0.717, 1.165) is 44.3 Å². The van der Waals surface area contributed by atoms with Crippen LogP contribution >= 0.6 is 0 Å². The predicted octanol–water partition coefficient (Wildman–Crippen LogP) is 4.18. The van der Waals surface area contributed by atoms with Crippen LogP contribution in [0.2, 0.25) is 0 Å². The number of carbonyl (C=O) groups excluding carboxylic acids is 1. The molecule has 1 N–H and O–H groups in total. The van der Waals surface area contributed by atoms with Gasteiger partial charge in [0.2, 0.25) is 0 Å². The molecule has 0 radical (unpaired) electrons. The fourth-order valence-electron chi connectivity index (χ4n) is 3.06. The Hall–Kier alpha value is -1.55. The van der Waals surface area contributed by atoms with Gasteiger partial charge in [0.15, 0.2) is 0 Å². The van der Waals surface area contributed by atoms with Crippen molar-refractivity contribution in [2.45, 2.75) is 46.5 Å². The molecule has 0 aromatic heterocycles. The zero-order valence-electron chi connectivity index (χ0n) is 15.9. The second kappa shape index (κ2) is 8.02. The molecule has 1 heterocycles. The normalized spacial score (nSPS) is 16.5. The molecule has 0 saturated carbocycles. The molecule has 0 unspecified atom stereocenters. The first-order valence-electron chi connectivity index (χ1n) is 9.15. The third-order valence-electron chi connectivity index (χ3n) is 4.66. The van der Waals surface area contributed by atoms with Crippen molar-refractivity contribution >= 4 is 11.7 Å². The molecule has 1 aliphatic rings. The van der Waals surface area contributed by atoms with Crippen LogP contribution in [-0.4, -0.2) is 48.6 Å². The molecule has 2 rings (SSSR count). The topological polar surface area (TPSA) is 35.6 Å². The summed E-state index contributed by atoms with van der Waals surface area (Å²) in [6.45, 7) is 15.7. The Bertz CT molecular complexity index is 540. The monoisotopic (exact) mass is 331 g/mol. The maximum absolute atomic E-state index is 12.6. The summed E-state index contributed by atoms with van der Waals surface area (Å²) in [7, 11) is 0. The lowest BCUT2D eigenvalue weighted by atomic mass is 9.86. The minimum absolute atomic E-state index is 0.0133. The zero-order valence-corrected chi connectivity index (χ0v) is 15.9. The maximum atomic E-state index is 12.6. The molecule has 0 spiro atoms. The van der Waals surface area contributed by atoms with Crippen LogP contribution in [0.4, 0.5) is 10.5 Å². The fraction of sp³-hybridized carbons (Fsp3) is 0.650. The Morgan fingerprint density at radius 3 is 2.33 bits per heavy atom. The van der Waals surface area contributed by atoms with Crippen LogP contribution in [0, 0.1) is 5.92 Å². The van der Waals surface area contributed by atoms with Gasteiger partial charge in [-0.15, -0.1) is 0 Å². The summed E-state index contributed by atoms with van der Waals surface area (Å²) >= 11 is 0. The lowest BCUT2D eigenvalue weighted by Gasteiger charge is -2.35. The summed E-state index contributed by atoms with van der Waals surface area (Å²) in [6.07, 6.45) is 1.23. The van der Waals surface area contributed by atoms with Crippen molar-refractivity contribution in [1.29, 1.82) is 0 Å². The molecule has 1 aliphatic heterocycles. The SMILES string of the molecule is CC(C)CCN1CCN(C(=O)Nc2ccccc2C(C)(C)C)CC1. The number of hydrogen-bond acceptors (Lipinski definition) is 2. The molecular weight excluding hydrogens is 298 g/mol. The number of amides is 2. The molecule has 4 nitrogen and oxygen atoms in total. The van der Waals surface area contributed by atoms with Crippen molar-refractivity contribution in [1.82, 2.24) is 9.80 Å². The van der Waals surface area contributed by atoms with Gasteiger partial charge in [-0.25, -0.2) is 4.79 Å². The number of hydrogen-bond donors (Lipinski definition) is 1. The van der Waals surface area contributed by atoms with E-state index in [1.165, 1.54) is 12.0 Å². The van der Waals surface area contributed by atoms with E-state index in [-0.39, 0.29) is 11.4 Å². The van der Waals surface area contributed by atoms with Crippen LogP contribution in [0.3, 0.4) is 0 Å². The van der Waals surface area contributed by atoms with Crippen LogP contribution < -0.4 is 5.32 Å². The number of urea groups is 1. The average Bonchev–Trinajstić information content (AvgIpc) is 2.53. The first-order chi connectivity index (χ1) is 11.3. The summed E-state index contributed by atoms with van der Waals surface area (Å²) in [5, 5.41) is 3.12. The lowest BCUT2D eigenvalue weighted by molar-refractivity contribution is 0.143. The highest BCUT2D eigenvalue weighted by molar-refractivity contribution is 5.90. The highest BCUT2D eigenvalue weighted by Gasteiger charge is 2.23. The van der Waals surface area contributed by atoms with Crippen molar-refractivity contribution in [3.63, 3.8) is 0 Å². The summed E-state index contributed by atoms with van der Waals surface area (Å²) in [5.41, 5.74) is 2.12. The molecule has 1 aromatic rings. The van der Waals surface area contributed by atoms with Crippen molar-refractivity contribution in [3.05, 3.63) is 29.8 Å². The number of anilines is 1. The molecule has 2 amide bonds. The standard InChI is InChI=1S/C20H33N3O/c1-16(2)10-11-22-12-14-23(15-13-22)19(24)21-18-9-7-6-8-17(18)20(3,4)5/h6-9,16H,10-15H2,1-5H3,(H,21,24). The Balaban J connectivity index is 1.91. The molecule has 0 bridgehead atoms. The average molecular weight is 332 g/mol. The summed E-state index contributed by atoms with van der Waals surface area (Å²) in [6, 6.07) is 8.13. The van der Waals surface area contributed by atoms with Gasteiger partial charge in [0, 0.05) is 31.9 Å². The molecule has 0 aliphatic carbocycles. The maximum Gasteiger partial charge on any atom is 0.321 e. The highest BCUT2D eigenvalue weighted by atomic mass is 16.2. The van der Waals surface area contributed by atoms with E-state index in [4.69, 9.17) is 0 Å². The van der Waals surface area contributed by atoms with Crippen molar-refractivity contribution in [2.24, 2.45) is 5.92 Å². The third kappa shape index (κ3) is 5.23. The number of para-hydroxylation sites is 1. The Morgan fingerprint density at radius 2 is 1.75 bits per heavy atom. The summed E-state index contributed by atoms with van der Waals surface area (Å²) in [4.78, 5) is 17.0. The quantitative estimate of drug-likeness (QED) is 0.898. The predicted molar refractivity (Wildman–Crippen MR) is 102 cm³/mol. The first kappa shape index (κ1) is 18.8. The first-order valence-corrected chi connectivity index (χ1v) is 9.15. The number of nitrogens with one attached hydrogen (secondary N) is 1. The van der Waals surface area contributed by atoms with E-state index in [9.17, 15) is 4.79 Å². The van der Waals surface area contributed by atoms with E-state index in [1.807, 2.05) is 23.1 Å². The number of piperazine rings is 1. The fourth-order valence-corrected chi connectivity index (χ4v) is 3.06. The lowest BCUT2D eigenvalue weighted by Crippen LogP contribution is -2.50. The third-order valence-corrected chi connectivity index (χ3v) is 4.66. The van der Waals surface area contributed by atoms with E-state index in [1.54, 1.807) is 0 Å². The van der Waals surface area contributed by atoms with Gasteiger partial charge in [0.05, 0.1) is 0 Å². The van der Waals surface area contributed by atoms with Crippen LogP contribution in [0.15, 0.2) is 24.3 Å².